The van der Waals surface area contributed by atoms with Crippen molar-refractivity contribution in [1.82, 2.24) is 5.32 Å². The SMILES string of the molecule is COc1ccc2ccccc2c1C=CCNCC(C)C. The third-order valence-corrected chi connectivity index (χ3v) is 3.25. The lowest BCUT2D eigenvalue weighted by Gasteiger charge is -2.09. The van der Waals surface area contributed by atoms with Gasteiger partial charge in [0.15, 0.2) is 0 Å². The van der Waals surface area contributed by atoms with Crippen LogP contribution in [-0.2, 0) is 0 Å². The molecule has 0 aliphatic heterocycles. The fourth-order valence-electron chi connectivity index (χ4n) is 2.26. The van der Waals surface area contributed by atoms with Crippen LogP contribution in [0.4, 0.5) is 0 Å². The predicted molar refractivity (Wildman–Crippen MR) is 87.2 cm³/mol. The van der Waals surface area contributed by atoms with Crippen LogP contribution in [-0.4, -0.2) is 20.2 Å². The van der Waals surface area contributed by atoms with Crippen LogP contribution >= 0.6 is 0 Å². The van der Waals surface area contributed by atoms with Gasteiger partial charge in [-0.15, -0.1) is 0 Å². The molecule has 0 saturated carbocycles. The van der Waals surface area contributed by atoms with E-state index in [0.29, 0.717) is 5.92 Å². The first kappa shape index (κ1) is 14.6. The highest BCUT2D eigenvalue weighted by molar-refractivity contribution is 5.93. The summed E-state index contributed by atoms with van der Waals surface area (Å²) in [6, 6.07) is 12.5. The molecule has 0 spiro atoms. The van der Waals surface area contributed by atoms with E-state index in [9.17, 15) is 0 Å². The molecule has 0 aliphatic carbocycles. The number of methoxy groups -OCH3 is 1. The molecule has 2 heteroatoms. The van der Waals surface area contributed by atoms with E-state index in [2.05, 4.69) is 61.6 Å². The summed E-state index contributed by atoms with van der Waals surface area (Å²) < 4.78 is 5.48. The Balaban J connectivity index is 2.20. The van der Waals surface area contributed by atoms with Gasteiger partial charge in [-0.25, -0.2) is 0 Å². The first-order valence-electron chi connectivity index (χ1n) is 7.15. The molecule has 0 bridgehead atoms. The van der Waals surface area contributed by atoms with Crippen LogP contribution in [0.2, 0.25) is 0 Å². The van der Waals surface area contributed by atoms with Crippen molar-refractivity contribution in [3.63, 3.8) is 0 Å². The van der Waals surface area contributed by atoms with Gasteiger partial charge in [0, 0.05) is 12.1 Å². The maximum Gasteiger partial charge on any atom is 0.126 e. The van der Waals surface area contributed by atoms with Gasteiger partial charge in [-0.3, -0.25) is 0 Å². The molecule has 0 aliphatic rings. The van der Waals surface area contributed by atoms with E-state index in [-0.39, 0.29) is 0 Å². The van der Waals surface area contributed by atoms with Gasteiger partial charge in [0.1, 0.15) is 5.75 Å². The second-order valence-electron chi connectivity index (χ2n) is 5.36. The highest BCUT2D eigenvalue weighted by Crippen LogP contribution is 2.28. The second kappa shape index (κ2) is 7.11. The molecule has 0 heterocycles. The summed E-state index contributed by atoms with van der Waals surface area (Å²) >= 11 is 0. The zero-order valence-corrected chi connectivity index (χ0v) is 12.5. The van der Waals surface area contributed by atoms with Gasteiger partial charge in [0.05, 0.1) is 7.11 Å². The fourth-order valence-corrected chi connectivity index (χ4v) is 2.26. The first-order valence-corrected chi connectivity index (χ1v) is 7.15. The minimum absolute atomic E-state index is 0.676. The highest BCUT2D eigenvalue weighted by Gasteiger charge is 2.04. The van der Waals surface area contributed by atoms with Crippen molar-refractivity contribution in [3.8, 4) is 5.75 Å². The Hall–Kier alpha value is -1.80. The summed E-state index contributed by atoms with van der Waals surface area (Å²) in [5.41, 5.74) is 1.15. The van der Waals surface area contributed by atoms with Crippen LogP contribution in [0.25, 0.3) is 16.8 Å². The minimum atomic E-state index is 0.676. The van der Waals surface area contributed by atoms with Crippen LogP contribution in [0, 0.1) is 5.92 Å². The van der Waals surface area contributed by atoms with Crippen molar-refractivity contribution in [1.29, 1.82) is 0 Å². The maximum atomic E-state index is 5.48. The summed E-state index contributed by atoms with van der Waals surface area (Å²) in [5.74, 6) is 1.60. The predicted octanol–water partition coefficient (Wildman–Crippen LogP) is 4.11. The molecule has 0 amide bonds. The molecule has 0 aromatic heterocycles. The molecule has 0 atom stereocenters. The molecule has 106 valence electrons. The number of ether oxygens (including phenoxy) is 1. The lowest BCUT2D eigenvalue weighted by atomic mass is 10.0. The summed E-state index contributed by atoms with van der Waals surface area (Å²) in [7, 11) is 1.72. The van der Waals surface area contributed by atoms with Crippen molar-refractivity contribution in [2.24, 2.45) is 5.92 Å². The monoisotopic (exact) mass is 269 g/mol. The quantitative estimate of drug-likeness (QED) is 0.797. The fraction of sp³-hybridized carbons (Fsp3) is 0.333. The number of benzene rings is 2. The molecule has 0 unspecified atom stereocenters. The van der Waals surface area contributed by atoms with E-state index >= 15 is 0 Å². The van der Waals surface area contributed by atoms with E-state index in [1.807, 2.05) is 6.07 Å². The van der Waals surface area contributed by atoms with Gasteiger partial charge in [0.25, 0.3) is 0 Å². The minimum Gasteiger partial charge on any atom is -0.496 e. The summed E-state index contributed by atoms with van der Waals surface area (Å²) in [4.78, 5) is 0. The normalized spacial score (nSPS) is 11.6. The van der Waals surface area contributed by atoms with Gasteiger partial charge in [-0.05, 0) is 29.3 Å². The maximum absolute atomic E-state index is 5.48. The molecule has 1 N–H and O–H groups in total. The average Bonchev–Trinajstić information content (AvgIpc) is 2.46. The Morgan fingerprint density at radius 3 is 2.70 bits per heavy atom. The van der Waals surface area contributed by atoms with Crippen molar-refractivity contribution in [2.45, 2.75) is 13.8 Å². The van der Waals surface area contributed by atoms with E-state index in [1.165, 1.54) is 10.8 Å². The van der Waals surface area contributed by atoms with Crippen LogP contribution in [0.1, 0.15) is 19.4 Å². The van der Waals surface area contributed by atoms with Gasteiger partial charge in [0.2, 0.25) is 0 Å². The molecule has 0 saturated heterocycles. The molecule has 2 nitrogen and oxygen atoms in total. The molecule has 0 radical (unpaired) electrons. The largest absolute Gasteiger partial charge is 0.496 e. The standard InChI is InChI=1S/C18H23NO/c1-14(2)13-19-12-6-9-17-16-8-5-4-7-15(16)10-11-18(17)20-3/h4-11,14,19H,12-13H2,1-3H3. The van der Waals surface area contributed by atoms with E-state index in [1.54, 1.807) is 7.11 Å². The summed E-state index contributed by atoms with van der Waals surface area (Å²) in [5, 5.41) is 5.88. The number of hydrogen-bond donors (Lipinski definition) is 1. The van der Waals surface area contributed by atoms with E-state index < -0.39 is 0 Å². The first-order chi connectivity index (χ1) is 9.72. The van der Waals surface area contributed by atoms with E-state index in [0.717, 1.165) is 24.4 Å². The van der Waals surface area contributed by atoms with Crippen LogP contribution < -0.4 is 10.1 Å². The van der Waals surface area contributed by atoms with Gasteiger partial charge < -0.3 is 10.1 Å². The topological polar surface area (TPSA) is 21.3 Å². The van der Waals surface area contributed by atoms with Crippen molar-refractivity contribution < 1.29 is 4.74 Å². The van der Waals surface area contributed by atoms with Gasteiger partial charge in [-0.2, -0.15) is 0 Å². The molecular formula is C18H23NO. The van der Waals surface area contributed by atoms with Crippen LogP contribution in [0.3, 0.4) is 0 Å². The average molecular weight is 269 g/mol. The van der Waals surface area contributed by atoms with Gasteiger partial charge in [-0.1, -0.05) is 56.3 Å². The number of rotatable bonds is 6. The molecular weight excluding hydrogens is 246 g/mol. The molecule has 20 heavy (non-hydrogen) atoms. The lowest BCUT2D eigenvalue weighted by molar-refractivity contribution is 0.414. The Labute approximate surface area is 121 Å². The van der Waals surface area contributed by atoms with Gasteiger partial charge >= 0.3 is 0 Å². The third kappa shape index (κ3) is 3.61. The molecule has 2 rings (SSSR count). The van der Waals surface area contributed by atoms with Crippen LogP contribution in [0.15, 0.2) is 42.5 Å². The lowest BCUT2D eigenvalue weighted by Crippen LogP contribution is -2.19. The Bertz CT molecular complexity index is 587. The third-order valence-electron chi connectivity index (χ3n) is 3.25. The Morgan fingerprint density at radius 2 is 1.95 bits per heavy atom. The van der Waals surface area contributed by atoms with E-state index in [4.69, 9.17) is 4.74 Å². The summed E-state index contributed by atoms with van der Waals surface area (Å²) in [6.45, 7) is 6.34. The Morgan fingerprint density at radius 1 is 1.15 bits per heavy atom. The van der Waals surface area contributed by atoms with Crippen LogP contribution in [0.5, 0.6) is 5.75 Å². The molecule has 2 aromatic rings. The number of hydrogen-bond acceptors (Lipinski definition) is 2. The smallest absolute Gasteiger partial charge is 0.126 e. The van der Waals surface area contributed by atoms with Crippen molar-refractivity contribution in [2.75, 3.05) is 20.2 Å². The summed E-state index contributed by atoms with van der Waals surface area (Å²) in [6.07, 6.45) is 4.31. The zero-order chi connectivity index (χ0) is 14.4. The molecule has 0 fully saturated rings. The zero-order valence-electron chi connectivity index (χ0n) is 12.5. The number of fused-ring (bicyclic) bond motifs is 1. The molecule has 2 aromatic carbocycles. The van der Waals surface area contributed by atoms with Crippen molar-refractivity contribution in [3.05, 3.63) is 48.0 Å². The van der Waals surface area contributed by atoms with Crippen molar-refractivity contribution >= 4 is 16.8 Å². The Kier molecular flexibility index (Phi) is 5.19. The highest BCUT2D eigenvalue weighted by atomic mass is 16.5. The number of nitrogens with one attached hydrogen (secondary N) is 1. The second-order valence-corrected chi connectivity index (χ2v) is 5.36.